The van der Waals surface area contributed by atoms with Crippen molar-refractivity contribution in [2.45, 2.75) is 45.8 Å². The summed E-state index contributed by atoms with van der Waals surface area (Å²) < 4.78 is 2.09. The number of hydrogen-bond acceptors (Lipinski definition) is 3. The lowest BCUT2D eigenvalue weighted by Gasteiger charge is -2.16. The average Bonchev–Trinajstić information content (AvgIpc) is 3.02. The van der Waals surface area contributed by atoms with Crippen molar-refractivity contribution in [3.05, 3.63) is 52.8 Å². The summed E-state index contributed by atoms with van der Waals surface area (Å²) in [6.07, 6.45) is 0. The van der Waals surface area contributed by atoms with Gasteiger partial charge in [0.05, 0.1) is 5.69 Å². The second kappa shape index (κ2) is 7.47. The molecule has 0 aliphatic carbocycles. The van der Waals surface area contributed by atoms with Crippen molar-refractivity contribution in [2.24, 2.45) is 5.73 Å². The quantitative estimate of drug-likeness (QED) is 0.935. The zero-order valence-corrected chi connectivity index (χ0v) is 15.0. The van der Waals surface area contributed by atoms with Gasteiger partial charge >= 0.3 is 0 Å². The lowest BCUT2D eigenvalue weighted by Crippen LogP contribution is -2.28. The van der Waals surface area contributed by atoms with Crippen molar-refractivity contribution in [3.63, 3.8) is 0 Å². The minimum absolute atomic E-state index is 0. The monoisotopic (exact) mass is 334 g/mol. The van der Waals surface area contributed by atoms with Gasteiger partial charge in [0, 0.05) is 49.4 Å². The van der Waals surface area contributed by atoms with Gasteiger partial charge in [-0.15, -0.1) is 12.4 Å². The molecule has 2 atom stereocenters. The highest BCUT2D eigenvalue weighted by atomic mass is 35.5. The van der Waals surface area contributed by atoms with Gasteiger partial charge < -0.3 is 5.73 Å². The number of rotatable bonds is 4. The van der Waals surface area contributed by atoms with E-state index in [4.69, 9.17) is 5.73 Å². The Bertz CT molecular complexity index is 638. The largest absolute Gasteiger partial charge is 0.326 e. The maximum atomic E-state index is 6.40. The molecular formula is C18H27ClN4. The van der Waals surface area contributed by atoms with Gasteiger partial charge in [-0.2, -0.15) is 5.10 Å². The molecule has 1 aromatic heterocycles. The van der Waals surface area contributed by atoms with Gasteiger partial charge in [0.2, 0.25) is 0 Å². The Kier molecular flexibility index (Phi) is 5.84. The third-order valence-corrected chi connectivity index (χ3v) is 4.88. The molecule has 0 amide bonds. The Morgan fingerprint density at radius 2 is 1.87 bits per heavy atom. The summed E-state index contributed by atoms with van der Waals surface area (Å²) in [7, 11) is 0. The van der Waals surface area contributed by atoms with Crippen LogP contribution >= 0.6 is 12.4 Å². The molecule has 2 heterocycles. The minimum Gasteiger partial charge on any atom is -0.326 e. The van der Waals surface area contributed by atoms with Gasteiger partial charge in [-0.3, -0.25) is 9.58 Å². The van der Waals surface area contributed by atoms with E-state index in [1.54, 1.807) is 0 Å². The van der Waals surface area contributed by atoms with E-state index in [0.29, 0.717) is 5.92 Å². The van der Waals surface area contributed by atoms with Gasteiger partial charge in [0.1, 0.15) is 0 Å². The van der Waals surface area contributed by atoms with Crippen LogP contribution in [0.5, 0.6) is 0 Å². The molecule has 5 heteroatoms. The van der Waals surface area contributed by atoms with Crippen LogP contribution in [0.4, 0.5) is 0 Å². The second-order valence-electron chi connectivity index (χ2n) is 6.34. The molecule has 23 heavy (non-hydrogen) atoms. The fourth-order valence-corrected chi connectivity index (χ4v) is 3.59. The fourth-order valence-electron chi connectivity index (χ4n) is 3.59. The standard InChI is InChI=1S/C18H26N4.ClH/c1-4-22-14(3)16(13(2)20-22)10-21-11-17(18(19)12-21)15-8-6-5-7-9-15;/h5-9,17-18H,4,10-12,19H2,1-3H3;1H/t17-,18+;/m0./s1. The molecule has 0 unspecified atom stereocenters. The molecule has 0 bridgehead atoms. The number of benzene rings is 1. The summed E-state index contributed by atoms with van der Waals surface area (Å²) in [4.78, 5) is 2.47. The highest BCUT2D eigenvalue weighted by Crippen LogP contribution is 2.28. The normalized spacial score (nSPS) is 21.4. The predicted octanol–water partition coefficient (Wildman–Crippen LogP) is 2.87. The Morgan fingerprint density at radius 1 is 1.17 bits per heavy atom. The molecule has 0 spiro atoms. The first-order chi connectivity index (χ1) is 10.6. The van der Waals surface area contributed by atoms with E-state index >= 15 is 0 Å². The van der Waals surface area contributed by atoms with E-state index in [2.05, 4.69) is 65.8 Å². The van der Waals surface area contributed by atoms with Gasteiger partial charge in [0.25, 0.3) is 0 Å². The van der Waals surface area contributed by atoms with Crippen LogP contribution in [-0.4, -0.2) is 33.8 Å². The van der Waals surface area contributed by atoms with Crippen LogP contribution in [0.1, 0.15) is 35.4 Å². The number of hydrogen-bond donors (Lipinski definition) is 1. The maximum Gasteiger partial charge on any atom is 0.0641 e. The van der Waals surface area contributed by atoms with Crippen LogP contribution in [0.2, 0.25) is 0 Å². The first-order valence-electron chi connectivity index (χ1n) is 8.16. The summed E-state index contributed by atoms with van der Waals surface area (Å²) >= 11 is 0. The molecule has 3 rings (SSSR count). The van der Waals surface area contributed by atoms with Crippen molar-refractivity contribution in [1.29, 1.82) is 0 Å². The second-order valence-corrected chi connectivity index (χ2v) is 6.34. The SMILES string of the molecule is CCn1nc(C)c(CN2C[C@@H](N)[C@H](c3ccccc3)C2)c1C.Cl. The Morgan fingerprint density at radius 3 is 2.48 bits per heavy atom. The van der Waals surface area contributed by atoms with Crippen molar-refractivity contribution in [2.75, 3.05) is 13.1 Å². The Balaban J connectivity index is 0.00000192. The van der Waals surface area contributed by atoms with E-state index in [0.717, 1.165) is 31.9 Å². The first kappa shape index (κ1) is 18.0. The number of aromatic nitrogens is 2. The highest BCUT2D eigenvalue weighted by molar-refractivity contribution is 5.85. The van der Waals surface area contributed by atoms with E-state index < -0.39 is 0 Å². The molecule has 2 N–H and O–H groups in total. The van der Waals surface area contributed by atoms with Crippen LogP contribution in [-0.2, 0) is 13.1 Å². The highest BCUT2D eigenvalue weighted by Gasteiger charge is 2.31. The molecule has 1 aliphatic heterocycles. The van der Waals surface area contributed by atoms with Crippen LogP contribution in [0.25, 0.3) is 0 Å². The fraction of sp³-hybridized carbons (Fsp3) is 0.500. The molecule has 1 aliphatic rings. The zero-order valence-electron chi connectivity index (χ0n) is 14.2. The van der Waals surface area contributed by atoms with Crippen molar-refractivity contribution < 1.29 is 0 Å². The minimum atomic E-state index is 0. The van der Waals surface area contributed by atoms with Gasteiger partial charge in [-0.05, 0) is 26.3 Å². The Labute approximate surface area is 145 Å². The zero-order chi connectivity index (χ0) is 15.7. The van der Waals surface area contributed by atoms with E-state index in [-0.39, 0.29) is 18.4 Å². The van der Waals surface area contributed by atoms with Crippen molar-refractivity contribution in [3.8, 4) is 0 Å². The molecule has 0 radical (unpaired) electrons. The number of nitrogens with two attached hydrogens (primary N) is 1. The molecule has 1 saturated heterocycles. The molecule has 2 aromatic rings. The number of halogens is 1. The maximum absolute atomic E-state index is 6.40. The Hall–Kier alpha value is -1.36. The third-order valence-electron chi connectivity index (χ3n) is 4.88. The van der Waals surface area contributed by atoms with Gasteiger partial charge in [-0.1, -0.05) is 30.3 Å². The lowest BCUT2D eigenvalue weighted by molar-refractivity contribution is 0.322. The van der Waals surface area contributed by atoms with E-state index in [9.17, 15) is 0 Å². The topological polar surface area (TPSA) is 47.1 Å². The van der Waals surface area contributed by atoms with Crippen LogP contribution in [0.15, 0.2) is 30.3 Å². The van der Waals surface area contributed by atoms with E-state index in [1.165, 1.54) is 16.8 Å². The van der Waals surface area contributed by atoms with Crippen molar-refractivity contribution in [1.82, 2.24) is 14.7 Å². The number of aryl methyl sites for hydroxylation is 2. The first-order valence-corrected chi connectivity index (χ1v) is 8.16. The smallest absolute Gasteiger partial charge is 0.0641 e. The van der Waals surface area contributed by atoms with Gasteiger partial charge in [0.15, 0.2) is 0 Å². The summed E-state index contributed by atoms with van der Waals surface area (Å²) in [6, 6.07) is 10.9. The predicted molar refractivity (Wildman–Crippen MR) is 97.1 cm³/mol. The molecular weight excluding hydrogens is 308 g/mol. The average molecular weight is 335 g/mol. The van der Waals surface area contributed by atoms with E-state index in [1.807, 2.05) is 0 Å². The lowest BCUT2D eigenvalue weighted by atomic mass is 9.95. The molecule has 1 fully saturated rings. The summed E-state index contributed by atoms with van der Waals surface area (Å²) in [5, 5.41) is 4.63. The summed E-state index contributed by atoms with van der Waals surface area (Å²) in [5.74, 6) is 0.433. The molecule has 1 aromatic carbocycles. The molecule has 4 nitrogen and oxygen atoms in total. The molecule has 0 saturated carbocycles. The summed E-state index contributed by atoms with van der Waals surface area (Å²) in [6.45, 7) is 10.3. The van der Waals surface area contributed by atoms with Crippen LogP contribution in [0, 0.1) is 13.8 Å². The molecule has 126 valence electrons. The van der Waals surface area contributed by atoms with Gasteiger partial charge in [-0.25, -0.2) is 0 Å². The number of likely N-dealkylation sites (tertiary alicyclic amines) is 1. The van der Waals surface area contributed by atoms with Crippen molar-refractivity contribution >= 4 is 12.4 Å². The van der Waals surface area contributed by atoms with Crippen LogP contribution < -0.4 is 5.73 Å². The number of nitrogens with zero attached hydrogens (tertiary/aromatic N) is 3. The van der Waals surface area contributed by atoms with Crippen LogP contribution in [0.3, 0.4) is 0 Å². The third kappa shape index (κ3) is 3.60. The summed E-state index contributed by atoms with van der Waals surface area (Å²) in [5.41, 5.74) is 11.6.